The summed E-state index contributed by atoms with van der Waals surface area (Å²) in [5.41, 5.74) is 5.45. The molecule has 0 aromatic rings. The van der Waals surface area contributed by atoms with Gasteiger partial charge in [-0.3, -0.25) is 9.59 Å². The van der Waals surface area contributed by atoms with Crippen LogP contribution in [0.5, 0.6) is 0 Å². The standard InChI is InChI=1S/C13H24N2O3/c1-10(2)15(9-5-6-11(16)17)12(18)13(14)7-3-4-8-13/h10H,3-9,14H2,1-2H3,(H,16,17). The zero-order valence-electron chi connectivity index (χ0n) is 11.3. The molecule has 0 atom stereocenters. The minimum Gasteiger partial charge on any atom is -0.481 e. The van der Waals surface area contributed by atoms with E-state index in [1.54, 1.807) is 4.90 Å². The maximum atomic E-state index is 12.4. The van der Waals surface area contributed by atoms with Gasteiger partial charge in [0.25, 0.3) is 0 Å². The van der Waals surface area contributed by atoms with Gasteiger partial charge in [0, 0.05) is 19.0 Å². The fourth-order valence-corrected chi connectivity index (χ4v) is 2.50. The number of nitrogens with two attached hydrogens (primary N) is 1. The average molecular weight is 256 g/mol. The molecule has 1 aliphatic rings. The summed E-state index contributed by atoms with van der Waals surface area (Å²) in [5.74, 6) is -0.838. The van der Waals surface area contributed by atoms with E-state index in [9.17, 15) is 9.59 Å². The minimum atomic E-state index is -0.825. The number of carboxylic acids is 1. The van der Waals surface area contributed by atoms with Crippen LogP contribution in [0.2, 0.25) is 0 Å². The zero-order chi connectivity index (χ0) is 13.8. The van der Waals surface area contributed by atoms with E-state index in [1.165, 1.54) is 0 Å². The van der Waals surface area contributed by atoms with Gasteiger partial charge in [0.05, 0.1) is 5.54 Å². The predicted octanol–water partition coefficient (Wildman–Crippen LogP) is 1.36. The Hall–Kier alpha value is -1.10. The number of hydrogen-bond donors (Lipinski definition) is 2. The second kappa shape index (κ2) is 6.18. The second-order valence-corrected chi connectivity index (χ2v) is 5.45. The Morgan fingerprint density at radius 3 is 2.33 bits per heavy atom. The molecule has 0 aromatic carbocycles. The molecule has 1 saturated carbocycles. The maximum Gasteiger partial charge on any atom is 0.303 e. The summed E-state index contributed by atoms with van der Waals surface area (Å²) in [4.78, 5) is 24.7. The molecule has 0 radical (unpaired) electrons. The van der Waals surface area contributed by atoms with Gasteiger partial charge in [-0.05, 0) is 33.1 Å². The van der Waals surface area contributed by atoms with Crippen LogP contribution < -0.4 is 5.73 Å². The molecule has 0 unspecified atom stereocenters. The van der Waals surface area contributed by atoms with E-state index in [1.807, 2.05) is 13.8 Å². The highest BCUT2D eigenvalue weighted by Crippen LogP contribution is 2.29. The largest absolute Gasteiger partial charge is 0.481 e. The molecule has 104 valence electrons. The van der Waals surface area contributed by atoms with Crippen LogP contribution in [0.15, 0.2) is 0 Å². The molecule has 0 saturated heterocycles. The molecule has 1 aliphatic carbocycles. The van der Waals surface area contributed by atoms with E-state index < -0.39 is 11.5 Å². The quantitative estimate of drug-likeness (QED) is 0.751. The minimum absolute atomic E-state index is 0.0135. The third-order valence-corrected chi connectivity index (χ3v) is 3.60. The van der Waals surface area contributed by atoms with Crippen molar-refractivity contribution in [2.45, 2.75) is 64.0 Å². The van der Waals surface area contributed by atoms with Crippen LogP contribution in [-0.4, -0.2) is 40.0 Å². The van der Waals surface area contributed by atoms with Crippen LogP contribution in [0.4, 0.5) is 0 Å². The van der Waals surface area contributed by atoms with Crippen molar-refractivity contribution in [2.24, 2.45) is 5.73 Å². The second-order valence-electron chi connectivity index (χ2n) is 5.45. The lowest BCUT2D eigenvalue weighted by Gasteiger charge is -2.34. The van der Waals surface area contributed by atoms with Gasteiger partial charge in [-0.2, -0.15) is 0 Å². The summed E-state index contributed by atoms with van der Waals surface area (Å²) >= 11 is 0. The van der Waals surface area contributed by atoms with E-state index in [0.29, 0.717) is 13.0 Å². The number of hydrogen-bond acceptors (Lipinski definition) is 3. The van der Waals surface area contributed by atoms with Crippen LogP contribution in [0, 0.1) is 0 Å². The molecule has 0 bridgehead atoms. The third kappa shape index (κ3) is 3.70. The Labute approximate surface area is 108 Å². The summed E-state index contributed by atoms with van der Waals surface area (Å²) in [6.07, 6.45) is 4.07. The van der Waals surface area contributed by atoms with Gasteiger partial charge < -0.3 is 15.7 Å². The Bertz CT molecular complexity index is 309. The molecule has 3 N–H and O–H groups in total. The van der Waals surface area contributed by atoms with Gasteiger partial charge in [-0.15, -0.1) is 0 Å². The van der Waals surface area contributed by atoms with Gasteiger partial charge in [-0.1, -0.05) is 12.8 Å². The van der Waals surface area contributed by atoms with E-state index in [2.05, 4.69) is 0 Å². The van der Waals surface area contributed by atoms with Crippen molar-refractivity contribution in [2.75, 3.05) is 6.54 Å². The Morgan fingerprint density at radius 2 is 1.89 bits per heavy atom. The highest BCUT2D eigenvalue weighted by molar-refractivity contribution is 5.86. The van der Waals surface area contributed by atoms with Crippen molar-refractivity contribution in [3.8, 4) is 0 Å². The van der Waals surface area contributed by atoms with E-state index in [4.69, 9.17) is 10.8 Å². The molecule has 5 nitrogen and oxygen atoms in total. The predicted molar refractivity (Wildman–Crippen MR) is 69.1 cm³/mol. The van der Waals surface area contributed by atoms with Crippen molar-refractivity contribution < 1.29 is 14.7 Å². The summed E-state index contributed by atoms with van der Waals surface area (Å²) in [6.45, 7) is 4.36. The summed E-state index contributed by atoms with van der Waals surface area (Å²) in [7, 11) is 0. The number of aliphatic carboxylic acids is 1. The molecule has 1 rings (SSSR count). The monoisotopic (exact) mass is 256 g/mol. The van der Waals surface area contributed by atoms with Crippen molar-refractivity contribution in [1.82, 2.24) is 4.90 Å². The molecule has 0 aromatic heterocycles. The van der Waals surface area contributed by atoms with E-state index in [-0.39, 0.29) is 18.4 Å². The zero-order valence-corrected chi connectivity index (χ0v) is 11.3. The van der Waals surface area contributed by atoms with Gasteiger partial charge >= 0.3 is 5.97 Å². The number of carbonyl (C=O) groups excluding carboxylic acids is 1. The first-order valence-corrected chi connectivity index (χ1v) is 6.68. The Morgan fingerprint density at radius 1 is 1.33 bits per heavy atom. The first-order valence-electron chi connectivity index (χ1n) is 6.68. The van der Waals surface area contributed by atoms with E-state index in [0.717, 1.165) is 25.7 Å². The number of carbonyl (C=O) groups is 2. The summed E-state index contributed by atoms with van der Waals surface area (Å²) in [5, 5.41) is 8.64. The molecule has 1 fully saturated rings. The van der Waals surface area contributed by atoms with Crippen molar-refractivity contribution in [1.29, 1.82) is 0 Å². The lowest BCUT2D eigenvalue weighted by Crippen LogP contribution is -2.55. The van der Waals surface area contributed by atoms with Crippen LogP contribution in [0.25, 0.3) is 0 Å². The van der Waals surface area contributed by atoms with Gasteiger partial charge in [0.1, 0.15) is 0 Å². The number of rotatable bonds is 6. The highest BCUT2D eigenvalue weighted by Gasteiger charge is 2.40. The van der Waals surface area contributed by atoms with Crippen molar-refractivity contribution in [3.63, 3.8) is 0 Å². The summed E-state index contributed by atoms with van der Waals surface area (Å²) < 4.78 is 0. The average Bonchev–Trinajstić information content (AvgIpc) is 2.71. The molecular weight excluding hydrogens is 232 g/mol. The fourth-order valence-electron chi connectivity index (χ4n) is 2.50. The number of carboxylic acid groups (broad SMARTS) is 1. The maximum absolute atomic E-state index is 12.4. The Balaban J connectivity index is 2.60. The molecule has 18 heavy (non-hydrogen) atoms. The number of amides is 1. The smallest absolute Gasteiger partial charge is 0.303 e. The van der Waals surface area contributed by atoms with Gasteiger partial charge in [0.2, 0.25) is 5.91 Å². The summed E-state index contributed by atoms with van der Waals surface area (Å²) in [6, 6.07) is 0.0623. The van der Waals surface area contributed by atoms with Crippen LogP contribution in [0.1, 0.15) is 52.4 Å². The van der Waals surface area contributed by atoms with Crippen LogP contribution in [-0.2, 0) is 9.59 Å². The van der Waals surface area contributed by atoms with Crippen molar-refractivity contribution in [3.05, 3.63) is 0 Å². The molecule has 1 amide bonds. The van der Waals surface area contributed by atoms with Crippen LogP contribution in [0.3, 0.4) is 0 Å². The molecule has 0 spiro atoms. The molecular formula is C13H24N2O3. The highest BCUT2D eigenvalue weighted by atomic mass is 16.4. The number of nitrogens with zero attached hydrogens (tertiary/aromatic N) is 1. The SMILES string of the molecule is CC(C)N(CCCC(=O)O)C(=O)C1(N)CCCC1. The molecule has 0 heterocycles. The van der Waals surface area contributed by atoms with E-state index >= 15 is 0 Å². The van der Waals surface area contributed by atoms with Gasteiger partial charge in [-0.25, -0.2) is 0 Å². The normalized spacial score (nSPS) is 18.0. The first kappa shape index (κ1) is 15.0. The third-order valence-electron chi connectivity index (χ3n) is 3.60. The Kier molecular flexibility index (Phi) is 5.14. The first-order chi connectivity index (χ1) is 8.37. The topological polar surface area (TPSA) is 83.6 Å². The fraction of sp³-hybridized carbons (Fsp3) is 0.846. The van der Waals surface area contributed by atoms with Crippen molar-refractivity contribution >= 4 is 11.9 Å². The van der Waals surface area contributed by atoms with Gasteiger partial charge in [0.15, 0.2) is 0 Å². The molecule has 0 aliphatic heterocycles. The lowest BCUT2D eigenvalue weighted by molar-refractivity contribution is -0.141. The molecule has 5 heteroatoms. The lowest BCUT2D eigenvalue weighted by atomic mass is 9.96. The van der Waals surface area contributed by atoms with Crippen LogP contribution >= 0.6 is 0 Å².